The van der Waals surface area contributed by atoms with Gasteiger partial charge in [0.15, 0.2) is 0 Å². The summed E-state index contributed by atoms with van der Waals surface area (Å²) in [6, 6.07) is 1.77. The van der Waals surface area contributed by atoms with Crippen molar-refractivity contribution >= 4 is 22.1 Å². The quantitative estimate of drug-likeness (QED) is 0.603. The number of aromatic amines is 1. The number of non-ortho nitro benzene ring substituents is 2. The molecule has 9 heteroatoms. The Morgan fingerprint density at radius 2 is 1.82 bits per heavy atom. The van der Waals surface area contributed by atoms with E-state index in [1.807, 2.05) is 0 Å². The van der Waals surface area contributed by atoms with E-state index in [9.17, 15) is 25.0 Å². The SMILES string of the molecule is O=c1[nH]ncc2c([N+](=O)[O-])cc([N+](=O)[O-])cc12. The van der Waals surface area contributed by atoms with E-state index in [1.165, 1.54) is 0 Å². The predicted molar refractivity (Wildman–Crippen MR) is 55.7 cm³/mol. The third-order valence-electron chi connectivity index (χ3n) is 2.15. The summed E-state index contributed by atoms with van der Waals surface area (Å²) in [4.78, 5) is 31.1. The Balaban J connectivity index is 2.96. The van der Waals surface area contributed by atoms with E-state index in [4.69, 9.17) is 0 Å². The second kappa shape index (κ2) is 3.63. The Morgan fingerprint density at radius 1 is 1.12 bits per heavy atom. The van der Waals surface area contributed by atoms with Gasteiger partial charge < -0.3 is 0 Å². The van der Waals surface area contributed by atoms with Crippen LogP contribution in [0.2, 0.25) is 0 Å². The summed E-state index contributed by atoms with van der Waals surface area (Å²) in [5, 5.41) is 26.6. The number of hydrogen-bond acceptors (Lipinski definition) is 6. The van der Waals surface area contributed by atoms with Crippen molar-refractivity contribution in [2.24, 2.45) is 0 Å². The first-order valence-corrected chi connectivity index (χ1v) is 4.31. The number of benzene rings is 1. The van der Waals surface area contributed by atoms with Crippen LogP contribution >= 0.6 is 0 Å². The van der Waals surface area contributed by atoms with Gasteiger partial charge in [0.1, 0.15) is 0 Å². The number of nitro benzene ring substituents is 2. The van der Waals surface area contributed by atoms with Gasteiger partial charge in [0.25, 0.3) is 16.9 Å². The van der Waals surface area contributed by atoms with E-state index >= 15 is 0 Å². The van der Waals surface area contributed by atoms with Crippen LogP contribution in [0, 0.1) is 20.2 Å². The summed E-state index contributed by atoms with van der Waals surface area (Å²) in [5.41, 5.74) is -1.75. The average molecular weight is 236 g/mol. The van der Waals surface area contributed by atoms with E-state index in [-0.39, 0.29) is 10.8 Å². The zero-order valence-corrected chi connectivity index (χ0v) is 8.11. The van der Waals surface area contributed by atoms with Crippen molar-refractivity contribution in [3.63, 3.8) is 0 Å². The summed E-state index contributed by atoms with van der Waals surface area (Å²) in [7, 11) is 0. The minimum Gasteiger partial charge on any atom is -0.267 e. The fourth-order valence-corrected chi connectivity index (χ4v) is 1.42. The van der Waals surface area contributed by atoms with Crippen molar-refractivity contribution in [2.75, 3.05) is 0 Å². The highest BCUT2D eigenvalue weighted by Gasteiger charge is 2.20. The van der Waals surface area contributed by atoms with Gasteiger partial charge in [0, 0.05) is 6.07 Å². The van der Waals surface area contributed by atoms with Gasteiger partial charge in [-0.15, -0.1) is 0 Å². The van der Waals surface area contributed by atoms with Gasteiger partial charge in [0.2, 0.25) is 0 Å². The zero-order valence-electron chi connectivity index (χ0n) is 8.11. The Labute approximate surface area is 92.0 Å². The molecule has 0 aliphatic carbocycles. The largest absolute Gasteiger partial charge is 0.285 e. The highest BCUT2D eigenvalue weighted by molar-refractivity contribution is 5.91. The van der Waals surface area contributed by atoms with E-state index < -0.39 is 26.8 Å². The second-order valence-electron chi connectivity index (χ2n) is 3.14. The van der Waals surface area contributed by atoms with Crippen molar-refractivity contribution in [3.8, 4) is 0 Å². The Hall–Kier alpha value is -2.84. The molecule has 1 N–H and O–H groups in total. The van der Waals surface area contributed by atoms with Crippen LogP contribution in [0.5, 0.6) is 0 Å². The molecule has 1 aromatic carbocycles. The molecule has 0 saturated heterocycles. The smallest absolute Gasteiger partial charge is 0.267 e. The second-order valence-corrected chi connectivity index (χ2v) is 3.14. The number of aromatic nitrogens is 2. The lowest BCUT2D eigenvalue weighted by Gasteiger charge is -1.98. The van der Waals surface area contributed by atoms with Gasteiger partial charge in [-0.05, 0) is 0 Å². The average Bonchev–Trinajstić information content (AvgIpc) is 2.28. The molecule has 1 aromatic heterocycles. The third kappa shape index (κ3) is 1.69. The van der Waals surface area contributed by atoms with Crippen LogP contribution in [0.15, 0.2) is 23.1 Å². The lowest BCUT2D eigenvalue weighted by molar-refractivity contribution is -0.393. The van der Waals surface area contributed by atoms with Crippen LogP contribution in [-0.4, -0.2) is 20.0 Å². The lowest BCUT2D eigenvalue weighted by atomic mass is 10.1. The summed E-state index contributed by atoms with van der Waals surface area (Å²) >= 11 is 0. The van der Waals surface area contributed by atoms with Gasteiger partial charge in [-0.1, -0.05) is 0 Å². The molecular weight excluding hydrogens is 232 g/mol. The molecule has 0 atom stereocenters. The van der Waals surface area contributed by atoms with Crippen LogP contribution in [-0.2, 0) is 0 Å². The van der Waals surface area contributed by atoms with Crippen molar-refractivity contribution in [3.05, 3.63) is 48.9 Å². The number of fused-ring (bicyclic) bond motifs is 1. The monoisotopic (exact) mass is 236 g/mol. The van der Waals surface area contributed by atoms with Crippen LogP contribution in [0.4, 0.5) is 11.4 Å². The summed E-state index contributed by atoms with van der Waals surface area (Å²) in [5.74, 6) is 0. The maximum Gasteiger partial charge on any atom is 0.285 e. The van der Waals surface area contributed by atoms with Gasteiger partial charge in [0.05, 0.1) is 32.9 Å². The molecule has 0 bridgehead atoms. The van der Waals surface area contributed by atoms with Crippen LogP contribution in [0.1, 0.15) is 0 Å². The lowest BCUT2D eigenvalue weighted by Crippen LogP contribution is -2.09. The summed E-state index contributed by atoms with van der Waals surface area (Å²) in [6.45, 7) is 0. The van der Waals surface area contributed by atoms with Crippen LogP contribution in [0.3, 0.4) is 0 Å². The number of nitrogens with one attached hydrogen (secondary N) is 1. The van der Waals surface area contributed by atoms with E-state index in [1.54, 1.807) is 0 Å². The minimum absolute atomic E-state index is 0.0376. The number of hydrogen-bond donors (Lipinski definition) is 1. The number of nitrogens with zero attached hydrogens (tertiary/aromatic N) is 3. The molecular formula is C8H4N4O5. The highest BCUT2D eigenvalue weighted by atomic mass is 16.6. The van der Waals surface area contributed by atoms with Crippen molar-refractivity contribution < 1.29 is 9.85 Å². The molecule has 0 aliphatic heterocycles. The zero-order chi connectivity index (χ0) is 12.6. The molecule has 0 fully saturated rings. The van der Waals surface area contributed by atoms with Crippen molar-refractivity contribution in [1.82, 2.24) is 10.2 Å². The predicted octanol–water partition coefficient (Wildman–Crippen LogP) is 0.739. The normalized spacial score (nSPS) is 10.4. The highest BCUT2D eigenvalue weighted by Crippen LogP contribution is 2.28. The molecule has 1 heterocycles. The molecule has 0 aliphatic rings. The van der Waals surface area contributed by atoms with Gasteiger partial charge >= 0.3 is 0 Å². The minimum atomic E-state index is -0.799. The molecule has 86 valence electrons. The Morgan fingerprint density at radius 3 is 2.41 bits per heavy atom. The Kier molecular flexibility index (Phi) is 2.28. The Bertz CT molecular complexity index is 692. The van der Waals surface area contributed by atoms with E-state index in [2.05, 4.69) is 10.2 Å². The maximum absolute atomic E-state index is 11.4. The molecule has 0 spiro atoms. The first-order chi connectivity index (χ1) is 8.00. The van der Waals surface area contributed by atoms with Gasteiger partial charge in [-0.3, -0.25) is 25.0 Å². The van der Waals surface area contributed by atoms with Crippen LogP contribution < -0.4 is 5.56 Å². The van der Waals surface area contributed by atoms with Crippen LogP contribution in [0.25, 0.3) is 10.8 Å². The molecule has 17 heavy (non-hydrogen) atoms. The standard InChI is InChI=1S/C8H4N4O5/c13-8-5-1-4(11(14)15)2-7(12(16)17)6(5)3-9-10-8/h1-3H,(H,10,13). The van der Waals surface area contributed by atoms with Crippen molar-refractivity contribution in [1.29, 1.82) is 0 Å². The third-order valence-corrected chi connectivity index (χ3v) is 2.15. The fraction of sp³-hybridized carbons (Fsp3) is 0. The molecule has 0 saturated carbocycles. The molecule has 0 unspecified atom stereocenters. The number of rotatable bonds is 2. The number of nitro groups is 2. The first kappa shape index (κ1) is 10.7. The fourth-order valence-electron chi connectivity index (χ4n) is 1.42. The summed E-state index contributed by atoms with van der Waals surface area (Å²) in [6.07, 6.45) is 1.08. The molecule has 9 nitrogen and oxygen atoms in total. The van der Waals surface area contributed by atoms with Gasteiger partial charge in [-0.25, -0.2) is 5.10 Å². The number of H-pyrrole nitrogens is 1. The topological polar surface area (TPSA) is 132 Å². The summed E-state index contributed by atoms with van der Waals surface area (Å²) < 4.78 is 0. The van der Waals surface area contributed by atoms with E-state index in [0.29, 0.717) is 0 Å². The molecule has 2 rings (SSSR count). The molecule has 0 radical (unpaired) electrons. The maximum atomic E-state index is 11.4. The van der Waals surface area contributed by atoms with Gasteiger partial charge in [-0.2, -0.15) is 5.10 Å². The van der Waals surface area contributed by atoms with E-state index in [0.717, 1.165) is 18.3 Å². The molecule has 2 aromatic rings. The molecule has 0 amide bonds. The van der Waals surface area contributed by atoms with Crippen molar-refractivity contribution in [2.45, 2.75) is 0 Å². The first-order valence-electron chi connectivity index (χ1n) is 4.31.